The zero-order chi connectivity index (χ0) is 20.5. The van der Waals surface area contributed by atoms with Crippen LogP contribution in [0.5, 0.6) is 5.75 Å². The van der Waals surface area contributed by atoms with Crippen LogP contribution in [-0.2, 0) is 17.1 Å². The molecule has 0 bridgehead atoms. The lowest BCUT2D eigenvalue weighted by molar-refractivity contribution is 0.242. The second-order valence-electron chi connectivity index (χ2n) is 6.45. The van der Waals surface area contributed by atoms with Crippen LogP contribution >= 0.6 is 11.6 Å². The molecule has 0 aliphatic carbocycles. The number of ether oxygens (including phenoxy) is 1. The van der Waals surface area contributed by atoms with Gasteiger partial charge >= 0.3 is 0 Å². The molecule has 8 nitrogen and oxygen atoms in total. The third-order valence-corrected chi connectivity index (χ3v) is 5.33. The molecule has 0 spiro atoms. The van der Waals surface area contributed by atoms with E-state index in [1.54, 1.807) is 7.05 Å². The van der Waals surface area contributed by atoms with Gasteiger partial charge in [-0.1, -0.05) is 35.9 Å². The lowest BCUT2D eigenvalue weighted by atomic mass is 10.1. The van der Waals surface area contributed by atoms with E-state index in [0.717, 1.165) is 11.1 Å². The summed E-state index contributed by atoms with van der Waals surface area (Å²) in [6.45, 7) is 5.64. The van der Waals surface area contributed by atoms with Gasteiger partial charge in [0.05, 0.1) is 12.3 Å². The average Bonchev–Trinajstić information content (AvgIpc) is 3.04. The van der Waals surface area contributed by atoms with Crippen LogP contribution in [0.15, 0.2) is 41.6 Å². The van der Waals surface area contributed by atoms with Gasteiger partial charge < -0.3 is 4.74 Å². The van der Waals surface area contributed by atoms with E-state index in [2.05, 4.69) is 19.8 Å². The first-order valence-corrected chi connectivity index (χ1v) is 10.3. The Morgan fingerprint density at radius 1 is 1.21 bits per heavy atom. The third kappa shape index (κ3) is 4.26. The van der Waals surface area contributed by atoms with E-state index in [4.69, 9.17) is 16.3 Å². The zero-order valence-electron chi connectivity index (χ0n) is 15.8. The van der Waals surface area contributed by atoms with Gasteiger partial charge in [0.25, 0.3) is 10.0 Å². The molecule has 2 aromatic heterocycles. The lowest BCUT2D eigenvalue weighted by Gasteiger charge is -2.17. The van der Waals surface area contributed by atoms with Gasteiger partial charge in [-0.15, -0.1) is 0 Å². The Kier molecular flexibility index (Phi) is 5.57. The van der Waals surface area contributed by atoms with Crippen molar-refractivity contribution in [3.05, 3.63) is 47.4 Å². The summed E-state index contributed by atoms with van der Waals surface area (Å²) in [5, 5.41) is 3.90. The highest BCUT2D eigenvalue weighted by Crippen LogP contribution is 2.37. The monoisotopic (exact) mass is 421 g/mol. The highest BCUT2D eigenvalue weighted by atomic mass is 35.5. The summed E-state index contributed by atoms with van der Waals surface area (Å²) < 4.78 is 34.7. The van der Waals surface area contributed by atoms with Crippen molar-refractivity contribution < 1.29 is 13.2 Å². The summed E-state index contributed by atoms with van der Waals surface area (Å²) in [6, 6.07) is 7.54. The third-order valence-electron chi connectivity index (χ3n) is 3.80. The molecule has 0 saturated heterocycles. The van der Waals surface area contributed by atoms with Crippen LogP contribution in [0.4, 0.5) is 5.95 Å². The van der Waals surface area contributed by atoms with Gasteiger partial charge in [-0.05, 0) is 26.3 Å². The van der Waals surface area contributed by atoms with Crippen LogP contribution in [0.1, 0.15) is 19.4 Å². The SMILES string of the molecule is Cc1ccccc1-c1nc(NS(=O)(=O)c2cnn(C)c2)nc(Cl)c1OC(C)C. The number of sulfonamides is 1. The maximum Gasteiger partial charge on any atom is 0.267 e. The number of nitrogens with zero attached hydrogens (tertiary/aromatic N) is 4. The molecule has 2 heterocycles. The summed E-state index contributed by atoms with van der Waals surface area (Å²) in [7, 11) is -2.29. The fraction of sp³-hybridized carbons (Fsp3) is 0.278. The minimum atomic E-state index is -3.91. The molecule has 0 radical (unpaired) electrons. The minimum Gasteiger partial charge on any atom is -0.485 e. The van der Waals surface area contributed by atoms with Gasteiger partial charge in [-0.2, -0.15) is 10.1 Å². The summed E-state index contributed by atoms with van der Waals surface area (Å²) >= 11 is 6.33. The van der Waals surface area contributed by atoms with E-state index in [9.17, 15) is 8.42 Å². The largest absolute Gasteiger partial charge is 0.485 e. The number of benzene rings is 1. The van der Waals surface area contributed by atoms with Crippen LogP contribution in [0.3, 0.4) is 0 Å². The number of halogens is 1. The molecule has 0 atom stereocenters. The molecule has 0 amide bonds. The molecule has 1 aromatic carbocycles. The van der Waals surface area contributed by atoms with Crippen molar-refractivity contribution in [3.8, 4) is 17.0 Å². The maximum atomic E-state index is 12.6. The van der Waals surface area contributed by atoms with Crippen molar-refractivity contribution in [1.29, 1.82) is 0 Å². The summed E-state index contributed by atoms with van der Waals surface area (Å²) in [6.07, 6.45) is 2.45. The van der Waals surface area contributed by atoms with Crippen molar-refractivity contribution in [2.24, 2.45) is 7.05 Å². The Balaban J connectivity index is 2.10. The molecule has 10 heteroatoms. The van der Waals surface area contributed by atoms with E-state index in [0.29, 0.717) is 11.4 Å². The smallest absolute Gasteiger partial charge is 0.267 e. The van der Waals surface area contributed by atoms with E-state index in [-0.39, 0.29) is 22.1 Å². The quantitative estimate of drug-likeness (QED) is 0.612. The van der Waals surface area contributed by atoms with Gasteiger partial charge in [-0.25, -0.2) is 18.1 Å². The number of hydrogen-bond donors (Lipinski definition) is 1. The van der Waals surface area contributed by atoms with E-state index in [1.165, 1.54) is 17.1 Å². The number of rotatable bonds is 6. The molecule has 0 aliphatic heterocycles. The molecule has 0 saturated carbocycles. The topological polar surface area (TPSA) is 99.0 Å². The van der Waals surface area contributed by atoms with E-state index < -0.39 is 10.0 Å². The molecule has 3 aromatic rings. The molecule has 0 fully saturated rings. The van der Waals surface area contributed by atoms with Crippen LogP contribution in [0.25, 0.3) is 11.3 Å². The zero-order valence-corrected chi connectivity index (χ0v) is 17.4. The summed E-state index contributed by atoms with van der Waals surface area (Å²) in [4.78, 5) is 8.46. The Bertz CT molecular complexity index is 1110. The first-order valence-electron chi connectivity index (χ1n) is 8.49. The lowest BCUT2D eigenvalue weighted by Crippen LogP contribution is -2.16. The first-order chi connectivity index (χ1) is 13.2. The van der Waals surface area contributed by atoms with Crippen molar-refractivity contribution >= 4 is 27.6 Å². The predicted octanol–water partition coefficient (Wildman–Crippen LogP) is 3.43. The summed E-state index contributed by atoms with van der Waals surface area (Å²) in [5.74, 6) is 0.151. The van der Waals surface area contributed by atoms with Crippen LogP contribution in [-0.4, -0.2) is 34.3 Å². The minimum absolute atomic E-state index is 0.00493. The Morgan fingerprint density at radius 3 is 2.54 bits per heavy atom. The van der Waals surface area contributed by atoms with Gasteiger partial charge in [0.2, 0.25) is 5.95 Å². The summed E-state index contributed by atoms with van der Waals surface area (Å²) in [5.41, 5.74) is 2.12. The van der Waals surface area contributed by atoms with Crippen molar-refractivity contribution in [2.45, 2.75) is 31.8 Å². The van der Waals surface area contributed by atoms with Gasteiger partial charge in [0, 0.05) is 18.8 Å². The van der Waals surface area contributed by atoms with Crippen LogP contribution in [0, 0.1) is 6.92 Å². The number of aromatic nitrogens is 4. The number of nitrogens with one attached hydrogen (secondary N) is 1. The maximum absolute atomic E-state index is 12.6. The van der Waals surface area contributed by atoms with Crippen molar-refractivity contribution in [3.63, 3.8) is 0 Å². The molecule has 3 rings (SSSR count). The van der Waals surface area contributed by atoms with E-state index >= 15 is 0 Å². The molecule has 0 aliphatic rings. The molecular formula is C18H20ClN5O3S. The second kappa shape index (κ2) is 7.76. The molecular weight excluding hydrogens is 402 g/mol. The van der Waals surface area contributed by atoms with Crippen molar-refractivity contribution in [1.82, 2.24) is 19.7 Å². The Morgan fingerprint density at radius 2 is 1.93 bits per heavy atom. The Labute approximate surface area is 168 Å². The Hall–Kier alpha value is -2.65. The number of hydrogen-bond acceptors (Lipinski definition) is 6. The predicted molar refractivity (Wildman–Crippen MR) is 107 cm³/mol. The fourth-order valence-corrected chi connectivity index (χ4v) is 3.69. The fourth-order valence-electron chi connectivity index (χ4n) is 2.55. The number of aryl methyl sites for hydroxylation is 2. The standard InChI is InChI=1S/C18H20ClN5O3S/c1-11(2)27-16-15(14-8-6-5-7-12(14)3)21-18(22-17(16)19)23-28(25,26)13-9-20-24(4)10-13/h5-11H,1-4H3,(H,21,22,23). The average molecular weight is 422 g/mol. The van der Waals surface area contributed by atoms with Gasteiger partial charge in [0.15, 0.2) is 10.9 Å². The molecule has 0 unspecified atom stereocenters. The normalized spacial score (nSPS) is 11.6. The highest BCUT2D eigenvalue weighted by Gasteiger charge is 2.23. The number of anilines is 1. The molecule has 1 N–H and O–H groups in total. The van der Waals surface area contributed by atoms with E-state index in [1.807, 2.05) is 45.0 Å². The molecule has 28 heavy (non-hydrogen) atoms. The van der Waals surface area contributed by atoms with Gasteiger partial charge in [-0.3, -0.25) is 4.68 Å². The first kappa shape index (κ1) is 20.1. The second-order valence-corrected chi connectivity index (χ2v) is 8.49. The molecule has 148 valence electrons. The van der Waals surface area contributed by atoms with Crippen LogP contribution in [0.2, 0.25) is 5.15 Å². The van der Waals surface area contributed by atoms with Crippen LogP contribution < -0.4 is 9.46 Å². The van der Waals surface area contributed by atoms with Crippen molar-refractivity contribution in [2.75, 3.05) is 4.72 Å². The highest BCUT2D eigenvalue weighted by molar-refractivity contribution is 7.92. The van der Waals surface area contributed by atoms with Gasteiger partial charge in [0.1, 0.15) is 10.6 Å².